The van der Waals surface area contributed by atoms with Crippen LogP contribution in [0.15, 0.2) is 6.07 Å². The topological polar surface area (TPSA) is 40.6 Å². The minimum absolute atomic E-state index is 0.123. The molecule has 0 aromatic carbocycles. The van der Waals surface area contributed by atoms with Crippen LogP contribution in [0.1, 0.15) is 65.1 Å². The fraction of sp³-hybridized carbons (Fsp3) is 0.700. The minimum atomic E-state index is 0.123. The van der Waals surface area contributed by atoms with E-state index >= 15 is 0 Å². The number of carbonyl (C=O) groups excluding carboxylic acids is 2. The summed E-state index contributed by atoms with van der Waals surface area (Å²) in [4.78, 5) is 31.9. The molecular formula is C20H28N2O2S. The number of fused-ring (bicyclic) bond motifs is 1. The zero-order valence-electron chi connectivity index (χ0n) is 15.0. The van der Waals surface area contributed by atoms with Crippen molar-refractivity contribution in [3.05, 3.63) is 21.4 Å². The summed E-state index contributed by atoms with van der Waals surface area (Å²) in [5.41, 5.74) is 1.26. The van der Waals surface area contributed by atoms with Gasteiger partial charge in [0.2, 0.25) is 5.91 Å². The van der Waals surface area contributed by atoms with Crippen LogP contribution < -0.4 is 0 Å². The van der Waals surface area contributed by atoms with E-state index in [0.717, 1.165) is 76.0 Å². The molecule has 136 valence electrons. The Labute approximate surface area is 154 Å². The number of thiophene rings is 1. The molecule has 0 saturated carbocycles. The van der Waals surface area contributed by atoms with Crippen LogP contribution in [0.25, 0.3) is 0 Å². The molecule has 3 aliphatic rings. The normalized spacial score (nSPS) is 24.1. The summed E-state index contributed by atoms with van der Waals surface area (Å²) in [6.45, 7) is 3.67. The Balaban J connectivity index is 1.43. The maximum absolute atomic E-state index is 12.8. The fourth-order valence-corrected chi connectivity index (χ4v) is 5.64. The highest BCUT2D eigenvalue weighted by Crippen LogP contribution is 2.34. The van der Waals surface area contributed by atoms with E-state index in [-0.39, 0.29) is 11.8 Å². The van der Waals surface area contributed by atoms with Gasteiger partial charge in [0.1, 0.15) is 0 Å². The third-order valence-corrected chi connectivity index (χ3v) is 7.18. The maximum atomic E-state index is 12.8. The van der Waals surface area contributed by atoms with Crippen molar-refractivity contribution in [1.82, 2.24) is 9.80 Å². The molecule has 2 aliphatic heterocycles. The molecule has 2 amide bonds. The third-order valence-electron chi connectivity index (χ3n) is 5.95. The van der Waals surface area contributed by atoms with Crippen molar-refractivity contribution in [3.8, 4) is 0 Å². The number of amides is 2. The lowest BCUT2D eigenvalue weighted by molar-refractivity contribution is -0.136. The van der Waals surface area contributed by atoms with Crippen LogP contribution in [-0.2, 0) is 17.6 Å². The van der Waals surface area contributed by atoms with Crippen molar-refractivity contribution in [2.24, 2.45) is 5.92 Å². The lowest BCUT2D eigenvalue weighted by Gasteiger charge is -2.31. The standard InChI is InChI=1S/C20H28N2O2S/c23-19(21-9-3-1-4-10-21)15-7-8-17-16(13-15)14-18(25-17)20(24)22-11-5-2-6-12-22/h14-15H,1-13H2/t15-/m1/s1. The molecule has 0 radical (unpaired) electrons. The second kappa shape index (κ2) is 7.48. The maximum Gasteiger partial charge on any atom is 0.263 e. The van der Waals surface area contributed by atoms with E-state index < -0.39 is 0 Å². The molecule has 1 aliphatic carbocycles. The molecule has 0 N–H and O–H groups in total. The largest absolute Gasteiger partial charge is 0.342 e. The number of carbonyl (C=O) groups is 2. The first kappa shape index (κ1) is 17.1. The highest BCUT2D eigenvalue weighted by Gasteiger charge is 2.31. The highest BCUT2D eigenvalue weighted by atomic mass is 32.1. The van der Waals surface area contributed by atoms with E-state index in [0.29, 0.717) is 5.91 Å². The number of hydrogen-bond donors (Lipinski definition) is 0. The first-order valence-corrected chi connectivity index (χ1v) is 10.7. The van der Waals surface area contributed by atoms with E-state index in [2.05, 4.69) is 11.0 Å². The summed E-state index contributed by atoms with van der Waals surface area (Å²) < 4.78 is 0. The lowest BCUT2D eigenvalue weighted by atomic mass is 9.87. The molecule has 25 heavy (non-hydrogen) atoms. The van der Waals surface area contributed by atoms with Crippen LogP contribution in [0.3, 0.4) is 0 Å². The Kier molecular flexibility index (Phi) is 5.11. The Hall–Kier alpha value is -1.36. The number of rotatable bonds is 2. The van der Waals surface area contributed by atoms with Crippen molar-refractivity contribution in [1.29, 1.82) is 0 Å². The highest BCUT2D eigenvalue weighted by molar-refractivity contribution is 7.14. The molecule has 2 saturated heterocycles. The van der Waals surface area contributed by atoms with Gasteiger partial charge in [-0.15, -0.1) is 11.3 Å². The predicted octanol–water partition coefficient (Wildman–Crippen LogP) is 3.49. The van der Waals surface area contributed by atoms with Gasteiger partial charge >= 0.3 is 0 Å². The first-order chi connectivity index (χ1) is 12.2. The second-order valence-electron chi connectivity index (χ2n) is 7.74. The van der Waals surface area contributed by atoms with Gasteiger partial charge < -0.3 is 9.80 Å². The molecule has 2 fully saturated rings. The van der Waals surface area contributed by atoms with Gasteiger partial charge in [-0.1, -0.05) is 0 Å². The van der Waals surface area contributed by atoms with E-state index in [1.807, 2.05) is 4.90 Å². The van der Waals surface area contributed by atoms with Gasteiger partial charge in [0, 0.05) is 37.0 Å². The first-order valence-electron chi connectivity index (χ1n) is 9.92. The molecular weight excluding hydrogens is 332 g/mol. The van der Waals surface area contributed by atoms with Gasteiger partial charge in [-0.25, -0.2) is 0 Å². The van der Waals surface area contributed by atoms with Crippen molar-refractivity contribution in [3.63, 3.8) is 0 Å². The summed E-state index contributed by atoms with van der Waals surface area (Å²) in [7, 11) is 0. The Morgan fingerprint density at radius 2 is 1.56 bits per heavy atom. The third kappa shape index (κ3) is 3.62. The van der Waals surface area contributed by atoms with Gasteiger partial charge in [0.15, 0.2) is 0 Å². The number of piperidine rings is 2. The molecule has 4 nitrogen and oxygen atoms in total. The van der Waals surface area contributed by atoms with Crippen LogP contribution in [-0.4, -0.2) is 47.8 Å². The quantitative estimate of drug-likeness (QED) is 0.810. The monoisotopic (exact) mass is 360 g/mol. The van der Waals surface area contributed by atoms with E-state index in [1.54, 1.807) is 11.3 Å². The minimum Gasteiger partial charge on any atom is -0.342 e. The van der Waals surface area contributed by atoms with Gasteiger partial charge in [0.25, 0.3) is 5.91 Å². The Morgan fingerprint density at radius 1 is 0.920 bits per heavy atom. The predicted molar refractivity (Wildman–Crippen MR) is 100 cm³/mol. The summed E-state index contributed by atoms with van der Waals surface area (Å²) in [6.07, 6.45) is 9.78. The zero-order chi connectivity index (χ0) is 17.2. The van der Waals surface area contributed by atoms with E-state index in [9.17, 15) is 9.59 Å². The van der Waals surface area contributed by atoms with Crippen LogP contribution >= 0.6 is 11.3 Å². The fourth-order valence-electron chi connectivity index (χ4n) is 4.47. The van der Waals surface area contributed by atoms with Crippen molar-refractivity contribution in [2.75, 3.05) is 26.2 Å². The number of nitrogens with zero attached hydrogens (tertiary/aromatic N) is 2. The summed E-state index contributed by atoms with van der Waals surface area (Å²) in [5.74, 6) is 0.677. The van der Waals surface area contributed by atoms with Gasteiger partial charge in [-0.2, -0.15) is 0 Å². The van der Waals surface area contributed by atoms with Crippen molar-refractivity contribution >= 4 is 23.2 Å². The number of hydrogen-bond acceptors (Lipinski definition) is 3. The van der Waals surface area contributed by atoms with Crippen LogP contribution in [0, 0.1) is 5.92 Å². The molecule has 1 atom stereocenters. The molecule has 0 unspecified atom stereocenters. The SMILES string of the molecule is O=C(c1cc2c(s1)CC[C@@H](C(=O)N1CCCCC1)C2)N1CCCCC1. The molecule has 4 rings (SSSR count). The Bertz CT molecular complexity index is 642. The van der Waals surface area contributed by atoms with E-state index in [4.69, 9.17) is 0 Å². The summed E-state index contributed by atoms with van der Waals surface area (Å²) in [5, 5.41) is 0. The zero-order valence-corrected chi connectivity index (χ0v) is 15.8. The smallest absolute Gasteiger partial charge is 0.263 e. The van der Waals surface area contributed by atoms with Crippen molar-refractivity contribution in [2.45, 2.75) is 57.8 Å². The average molecular weight is 361 g/mol. The number of aryl methyl sites for hydroxylation is 1. The molecule has 3 heterocycles. The Morgan fingerprint density at radius 3 is 2.24 bits per heavy atom. The summed E-state index contributed by atoms with van der Waals surface area (Å²) in [6, 6.07) is 2.09. The molecule has 0 spiro atoms. The van der Waals surface area contributed by atoms with Crippen molar-refractivity contribution < 1.29 is 9.59 Å². The number of likely N-dealkylation sites (tertiary alicyclic amines) is 2. The van der Waals surface area contributed by atoms with E-state index in [1.165, 1.54) is 23.3 Å². The average Bonchev–Trinajstić information content (AvgIpc) is 3.11. The lowest BCUT2D eigenvalue weighted by Crippen LogP contribution is -2.41. The molecule has 1 aromatic rings. The van der Waals surface area contributed by atoms with Gasteiger partial charge in [-0.3, -0.25) is 9.59 Å². The van der Waals surface area contributed by atoms with Crippen LogP contribution in [0.4, 0.5) is 0 Å². The van der Waals surface area contributed by atoms with Crippen LogP contribution in [0.5, 0.6) is 0 Å². The second-order valence-corrected chi connectivity index (χ2v) is 8.87. The molecule has 0 bridgehead atoms. The summed E-state index contributed by atoms with van der Waals surface area (Å²) >= 11 is 1.67. The van der Waals surface area contributed by atoms with Gasteiger partial charge in [0.05, 0.1) is 4.88 Å². The van der Waals surface area contributed by atoms with Gasteiger partial charge in [-0.05, 0) is 69.4 Å². The molecule has 5 heteroatoms. The molecule has 1 aromatic heterocycles. The van der Waals surface area contributed by atoms with Crippen LogP contribution in [0.2, 0.25) is 0 Å².